The van der Waals surface area contributed by atoms with Crippen LogP contribution >= 0.6 is 12.4 Å². The molecule has 2 atom stereocenters. The predicted octanol–water partition coefficient (Wildman–Crippen LogP) is 0.910. The van der Waals surface area contributed by atoms with Gasteiger partial charge in [0.15, 0.2) is 0 Å². The van der Waals surface area contributed by atoms with Crippen LogP contribution in [0.3, 0.4) is 0 Å². The molecule has 5 nitrogen and oxygen atoms in total. The van der Waals surface area contributed by atoms with Crippen LogP contribution in [0.15, 0.2) is 0 Å². The third kappa shape index (κ3) is 4.33. The number of piperidine rings is 1. The summed E-state index contributed by atoms with van der Waals surface area (Å²) in [6.07, 6.45) is 6.28. The van der Waals surface area contributed by atoms with Crippen LogP contribution in [-0.4, -0.2) is 42.4 Å². The van der Waals surface area contributed by atoms with E-state index in [1.807, 2.05) is 4.90 Å². The summed E-state index contributed by atoms with van der Waals surface area (Å²) in [5.74, 6) is 1.15. The van der Waals surface area contributed by atoms with Crippen molar-refractivity contribution in [3.8, 4) is 0 Å². The molecule has 2 unspecified atom stereocenters. The Hall–Kier alpha value is -0.810. The first-order valence-electron chi connectivity index (χ1n) is 7.97. The first-order chi connectivity index (χ1) is 9.65. The lowest BCUT2D eigenvalue weighted by Crippen LogP contribution is -2.48. The average Bonchev–Trinajstić information content (AvgIpc) is 3.34. The molecule has 2 saturated carbocycles. The van der Waals surface area contributed by atoms with Crippen molar-refractivity contribution in [1.29, 1.82) is 0 Å². The molecule has 0 spiro atoms. The molecule has 21 heavy (non-hydrogen) atoms. The van der Waals surface area contributed by atoms with Gasteiger partial charge in [0.2, 0.25) is 11.8 Å². The number of carbonyl (C=O) groups excluding carboxylic acids is 2. The van der Waals surface area contributed by atoms with Crippen LogP contribution in [0.5, 0.6) is 0 Å². The lowest BCUT2D eigenvalue weighted by atomic mass is 9.96. The van der Waals surface area contributed by atoms with Crippen molar-refractivity contribution in [2.75, 3.05) is 19.6 Å². The van der Waals surface area contributed by atoms with Gasteiger partial charge in [0, 0.05) is 31.6 Å². The third-order valence-electron chi connectivity index (χ3n) is 4.77. The third-order valence-corrected chi connectivity index (χ3v) is 4.77. The number of rotatable bonds is 5. The molecule has 1 saturated heterocycles. The highest BCUT2D eigenvalue weighted by Gasteiger charge is 2.37. The molecule has 0 aromatic carbocycles. The highest BCUT2D eigenvalue weighted by Crippen LogP contribution is 2.33. The van der Waals surface area contributed by atoms with Crippen LogP contribution in [0, 0.1) is 17.8 Å². The molecule has 3 aliphatic rings. The Morgan fingerprint density at radius 2 is 1.86 bits per heavy atom. The zero-order valence-electron chi connectivity index (χ0n) is 12.4. The number of nitrogens with two attached hydrogens (primary N) is 1. The van der Waals surface area contributed by atoms with Crippen LogP contribution in [0.1, 0.15) is 38.5 Å². The number of hydrogen-bond donors (Lipinski definition) is 2. The molecule has 6 heteroatoms. The monoisotopic (exact) mass is 315 g/mol. The van der Waals surface area contributed by atoms with Gasteiger partial charge in [-0.1, -0.05) is 0 Å². The van der Waals surface area contributed by atoms with E-state index in [0.717, 1.165) is 32.2 Å². The van der Waals surface area contributed by atoms with Crippen molar-refractivity contribution in [2.24, 2.45) is 23.5 Å². The van der Waals surface area contributed by atoms with Crippen molar-refractivity contribution in [3.63, 3.8) is 0 Å². The van der Waals surface area contributed by atoms with E-state index in [-0.39, 0.29) is 42.1 Å². The highest BCUT2D eigenvalue weighted by molar-refractivity contribution is 5.85. The number of amides is 2. The van der Waals surface area contributed by atoms with Crippen molar-refractivity contribution in [2.45, 2.75) is 44.6 Å². The van der Waals surface area contributed by atoms with Gasteiger partial charge in [-0.3, -0.25) is 9.59 Å². The minimum Gasteiger partial charge on any atom is -0.354 e. The fourth-order valence-electron chi connectivity index (χ4n) is 3.03. The lowest BCUT2D eigenvalue weighted by Gasteiger charge is -2.32. The van der Waals surface area contributed by atoms with Crippen molar-refractivity contribution in [3.05, 3.63) is 0 Å². The Morgan fingerprint density at radius 1 is 1.14 bits per heavy atom. The first-order valence-corrected chi connectivity index (χ1v) is 7.97. The van der Waals surface area contributed by atoms with Gasteiger partial charge in [-0.2, -0.15) is 0 Å². The molecule has 1 aliphatic heterocycles. The fraction of sp³-hybridized carbons (Fsp3) is 0.867. The topological polar surface area (TPSA) is 75.4 Å². The summed E-state index contributed by atoms with van der Waals surface area (Å²) in [6.45, 7) is 2.00. The number of carbonyl (C=O) groups is 2. The summed E-state index contributed by atoms with van der Waals surface area (Å²) in [5.41, 5.74) is 6.00. The van der Waals surface area contributed by atoms with Gasteiger partial charge in [-0.05, 0) is 44.4 Å². The summed E-state index contributed by atoms with van der Waals surface area (Å²) in [7, 11) is 0. The molecule has 0 aromatic heterocycles. The summed E-state index contributed by atoms with van der Waals surface area (Å²) in [6, 6.07) is 0.103. The van der Waals surface area contributed by atoms with Crippen molar-refractivity contribution >= 4 is 24.2 Å². The van der Waals surface area contributed by atoms with E-state index in [2.05, 4.69) is 5.32 Å². The minimum absolute atomic E-state index is 0. The molecule has 0 aromatic rings. The molecule has 0 bridgehead atoms. The van der Waals surface area contributed by atoms with E-state index in [1.54, 1.807) is 0 Å². The SMILES string of the molecule is Cl.NC(CNC(=O)C1CCCN(C(=O)C2CC2)C1)C1CC1. The zero-order chi connectivity index (χ0) is 14.1. The minimum atomic E-state index is -0.0437. The summed E-state index contributed by atoms with van der Waals surface area (Å²) >= 11 is 0. The Balaban J connectivity index is 0.00000161. The maximum absolute atomic E-state index is 12.2. The predicted molar refractivity (Wildman–Crippen MR) is 83.0 cm³/mol. The first kappa shape index (κ1) is 16.6. The van der Waals surface area contributed by atoms with Crippen LogP contribution in [0.2, 0.25) is 0 Å². The average molecular weight is 316 g/mol. The maximum atomic E-state index is 12.2. The van der Waals surface area contributed by atoms with Crippen molar-refractivity contribution < 1.29 is 9.59 Å². The summed E-state index contributed by atoms with van der Waals surface area (Å²) < 4.78 is 0. The second kappa shape index (κ2) is 6.97. The number of hydrogen-bond acceptors (Lipinski definition) is 3. The maximum Gasteiger partial charge on any atom is 0.225 e. The summed E-state index contributed by atoms with van der Waals surface area (Å²) in [5, 5.41) is 2.98. The quantitative estimate of drug-likeness (QED) is 0.792. The number of nitrogens with one attached hydrogen (secondary N) is 1. The molecule has 120 valence electrons. The van der Waals surface area contributed by atoms with Crippen LogP contribution < -0.4 is 11.1 Å². The Morgan fingerprint density at radius 3 is 2.48 bits per heavy atom. The molecule has 2 amide bonds. The van der Waals surface area contributed by atoms with Crippen molar-refractivity contribution in [1.82, 2.24) is 10.2 Å². The van der Waals surface area contributed by atoms with Gasteiger partial charge in [0.05, 0.1) is 5.92 Å². The Labute approximate surface area is 132 Å². The number of halogens is 1. The van der Waals surface area contributed by atoms with Crippen LogP contribution in [-0.2, 0) is 9.59 Å². The van der Waals surface area contributed by atoms with Crippen LogP contribution in [0.4, 0.5) is 0 Å². The molecule has 3 rings (SSSR count). The van der Waals surface area contributed by atoms with Gasteiger partial charge in [0.1, 0.15) is 0 Å². The van der Waals surface area contributed by atoms with Gasteiger partial charge >= 0.3 is 0 Å². The molecule has 3 N–H and O–H groups in total. The largest absolute Gasteiger partial charge is 0.354 e. The molecular formula is C15H26ClN3O2. The Bertz CT molecular complexity index is 396. The van der Waals surface area contributed by atoms with E-state index >= 15 is 0 Å². The second-order valence-electron chi connectivity index (χ2n) is 6.64. The summed E-state index contributed by atoms with van der Waals surface area (Å²) in [4.78, 5) is 26.2. The second-order valence-corrected chi connectivity index (χ2v) is 6.64. The van der Waals surface area contributed by atoms with E-state index in [0.29, 0.717) is 19.0 Å². The van der Waals surface area contributed by atoms with E-state index in [4.69, 9.17) is 5.73 Å². The molecular weight excluding hydrogens is 290 g/mol. The standard InChI is InChI=1S/C15H25N3O2.ClH/c16-13(10-3-4-10)8-17-14(19)12-2-1-7-18(9-12)15(20)11-5-6-11;/h10-13H,1-9,16H2,(H,17,19);1H. The highest BCUT2D eigenvalue weighted by atomic mass is 35.5. The zero-order valence-corrected chi connectivity index (χ0v) is 13.2. The normalized spacial score (nSPS) is 26.7. The lowest BCUT2D eigenvalue weighted by molar-refractivity contribution is -0.136. The molecule has 0 radical (unpaired) electrons. The van der Waals surface area contributed by atoms with Gasteiger partial charge in [-0.25, -0.2) is 0 Å². The molecule has 2 aliphatic carbocycles. The Kier molecular flexibility index (Phi) is 5.49. The fourth-order valence-corrected chi connectivity index (χ4v) is 3.03. The van der Waals surface area contributed by atoms with E-state index in [9.17, 15) is 9.59 Å². The van der Waals surface area contributed by atoms with Gasteiger partial charge < -0.3 is 16.0 Å². The number of nitrogens with zero attached hydrogens (tertiary/aromatic N) is 1. The molecule has 3 fully saturated rings. The van der Waals surface area contributed by atoms with Gasteiger partial charge in [0.25, 0.3) is 0 Å². The van der Waals surface area contributed by atoms with E-state index < -0.39 is 0 Å². The number of likely N-dealkylation sites (tertiary alicyclic amines) is 1. The van der Waals surface area contributed by atoms with Crippen LogP contribution in [0.25, 0.3) is 0 Å². The van der Waals surface area contributed by atoms with Gasteiger partial charge in [-0.15, -0.1) is 12.4 Å². The van der Waals surface area contributed by atoms with E-state index in [1.165, 1.54) is 12.8 Å². The molecule has 1 heterocycles. The smallest absolute Gasteiger partial charge is 0.225 e.